The van der Waals surface area contributed by atoms with E-state index in [-0.39, 0.29) is 30.9 Å². The number of likely N-dealkylation sites (tertiary alicyclic amines) is 2. The third-order valence-electron chi connectivity index (χ3n) is 4.36. The Kier molecular flexibility index (Phi) is 4.39. The predicted octanol–water partition coefficient (Wildman–Crippen LogP) is 3.02. The Bertz CT molecular complexity index is 611. The van der Waals surface area contributed by atoms with E-state index in [1.807, 2.05) is 51.1 Å². The zero-order valence-corrected chi connectivity index (χ0v) is 14.4. The number of carbonyl (C=O) groups is 2. The molecule has 6 nitrogen and oxygen atoms in total. The van der Waals surface area contributed by atoms with E-state index in [0.29, 0.717) is 13.1 Å². The summed E-state index contributed by atoms with van der Waals surface area (Å²) >= 11 is 0. The number of amides is 2. The molecule has 1 aromatic carbocycles. The number of carbonyl (C=O) groups excluding carboxylic acids is 2. The summed E-state index contributed by atoms with van der Waals surface area (Å²) in [6.07, 6.45) is 0.156. The van der Waals surface area contributed by atoms with Gasteiger partial charge in [0.1, 0.15) is 12.2 Å². The molecular formula is C18H24N2O4. The minimum Gasteiger partial charge on any atom is -0.445 e. The lowest BCUT2D eigenvalue weighted by atomic mass is 9.98. The second kappa shape index (κ2) is 6.34. The third-order valence-corrected chi connectivity index (χ3v) is 4.36. The molecule has 0 aliphatic carbocycles. The van der Waals surface area contributed by atoms with E-state index in [2.05, 4.69) is 0 Å². The number of hydrogen-bond donors (Lipinski definition) is 0. The fourth-order valence-electron chi connectivity index (χ4n) is 3.18. The van der Waals surface area contributed by atoms with Gasteiger partial charge in [-0.1, -0.05) is 30.3 Å². The molecule has 0 saturated carbocycles. The molecule has 0 N–H and O–H groups in total. The normalized spacial score (nSPS) is 22.6. The molecule has 2 aliphatic rings. The molecule has 2 unspecified atom stereocenters. The van der Waals surface area contributed by atoms with E-state index in [9.17, 15) is 9.59 Å². The first-order valence-electron chi connectivity index (χ1n) is 8.32. The topological polar surface area (TPSA) is 59.1 Å². The van der Waals surface area contributed by atoms with Gasteiger partial charge in [0.2, 0.25) is 0 Å². The summed E-state index contributed by atoms with van der Waals surface area (Å²) in [4.78, 5) is 27.9. The van der Waals surface area contributed by atoms with Crippen molar-refractivity contribution in [3.8, 4) is 0 Å². The van der Waals surface area contributed by atoms with E-state index in [1.165, 1.54) is 0 Å². The summed E-state index contributed by atoms with van der Waals surface area (Å²) in [5.74, 6) is 0. The quantitative estimate of drug-likeness (QED) is 0.835. The van der Waals surface area contributed by atoms with Crippen molar-refractivity contribution in [1.82, 2.24) is 9.80 Å². The molecular weight excluding hydrogens is 308 g/mol. The van der Waals surface area contributed by atoms with E-state index in [4.69, 9.17) is 9.47 Å². The van der Waals surface area contributed by atoms with E-state index in [1.54, 1.807) is 9.80 Å². The minimum atomic E-state index is -0.507. The summed E-state index contributed by atoms with van der Waals surface area (Å²) < 4.78 is 10.8. The van der Waals surface area contributed by atoms with Crippen LogP contribution in [0.1, 0.15) is 32.8 Å². The molecule has 2 atom stereocenters. The summed E-state index contributed by atoms with van der Waals surface area (Å²) in [5, 5.41) is 0. The van der Waals surface area contributed by atoms with Gasteiger partial charge in [-0.15, -0.1) is 0 Å². The van der Waals surface area contributed by atoms with E-state index in [0.717, 1.165) is 12.0 Å². The molecule has 6 heteroatoms. The molecule has 2 aliphatic heterocycles. The minimum absolute atomic E-state index is 0.0424. The van der Waals surface area contributed by atoms with Crippen LogP contribution in [0.15, 0.2) is 30.3 Å². The maximum atomic E-state index is 12.2. The third kappa shape index (κ3) is 3.47. The first-order valence-corrected chi connectivity index (χ1v) is 8.32. The molecule has 0 aromatic heterocycles. The van der Waals surface area contributed by atoms with Crippen LogP contribution in [0.2, 0.25) is 0 Å². The highest BCUT2D eigenvalue weighted by atomic mass is 16.6. The Balaban J connectivity index is 1.50. The van der Waals surface area contributed by atoms with Crippen molar-refractivity contribution in [1.29, 1.82) is 0 Å². The van der Waals surface area contributed by atoms with Crippen LogP contribution in [0.25, 0.3) is 0 Å². The molecule has 2 fully saturated rings. The predicted molar refractivity (Wildman–Crippen MR) is 88.5 cm³/mol. The summed E-state index contributed by atoms with van der Waals surface area (Å²) in [7, 11) is 0. The Labute approximate surface area is 142 Å². The van der Waals surface area contributed by atoms with E-state index < -0.39 is 5.60 Å². The van der Waals surface area contributed by atoms with Crippen LogP contribution in [0.5, 0.6) is 0 Å². The van der Waals surface area contributed by atoms with Gasteiger partial charge in [-0.2, -0.15) is 0 Å². The number of ether oxygens (including phenoxy) is 2. The van der Waals surface area contributed by atoms with Crippen molar-refractivity contribution >= 4 is 12.2 Å². The number of rotatable bonds is 2. The van der Waals surface area contributed by atoms with Gasteiger partial charge >= 0.3 is 12.2 Å². The van der Waals surface area contributed by atoms with Gasteiger partial charge in [-0.05, 0) is 32.8 Å². The number of nitrogens with zero attached hydrogens (tertiary/aromatic N) is 2. The van der Waals surface area contributed by atoms with Gasteiger partial charge in [-0.3, -0.25) is 0 Å². The Morgan fingerprint density at radius 3 is 2.46 bits per heavy atom. The smallest absolute Gasteiger partial charge is 0.410 e. The first-order chi connectivity index (χ1) is 11.3. The molecule has 130 valence electrons. The highest BCUT2D eigenvalue weighted by Crippen LogP contribution is 2.34. The lowest BCUT2D eigenvalue weighted by molar-refractivity contribution is -0.0129. The molecule has 2 amide bonds. The fourth-order valence-corrected chi connectivity index (χ4v) is 3.18. The summed E-state index contributed by atoms with van der Waals surface area (Å²) in [6.45, 7) is 6.96. The largest absolute Gasteiger partial charge is 0.445 e. The van der Waals surface area contributed by atoms with Crippen molar-refractivity contribution in [3.63, 3.8) is 0 Å². The highest BCUT2D eigenvalue weighted by molar-refractivity contribution is 5.73. The van der Waals surface area contributed by atoms with Crippen molar-refractivity contribution < 1.29 is 19.1 Å². The highest BCUT2D eigenvalue weighted by Gasteiger charge is 2.52. The molecule has 2 saturated heterocycles. The van der Waals surface area contributed by atoms with Gasteiger partial charge in [0, 0.05) is 13.1 Å². The molecule has 1 aromatic rings. The van der Waals surface area contributed by atoms with Crippen molar-refractivity contribution in [2.45, 2.75) is 51.5 Å². The van der Waals surface area contributed by atoms with Gasteiger partial charge in [0.05, 0.1) is 12.1 Å². The second-order valence-electron chi connectivity index (χ2n) is 7.29. The number of benzene rings is 1. The molecule has 0 radical (unpaired) electrons. The zero-order chi connectivity index (χ0) is 17.3. The van der Waals surface area contributed by atoms with Crippen LogP contribution in [0.3, 0.4) is 0 Å². The summed E-state index contributed by atoms with van der Waals surface area (Å²) in [6, 6.07) is 9.69. The van der Waals surface area contributed by atoms with Crippen LogP contribution in [-0.4, -0.2) is 52.8 Å². The van der Waals surface area contributed by atoms with Crippen LogP contribution in [0.4, 0.5) is 9.59 Å². The molecule has 3 rings (SSSR count). The van der Waals surface area contributed by atoms with Crippen LogP contribution in [-0.2, 0) is 16.1 Å². The molecule has 2 heterocycles. The molecule has 24 heavy (non-hydrogen) atoms. The maximum absolute atomic E-state index is 12.2. The Morgan fingerprint density at radius 1 is 1.08 bits per heavy atom. The van der Waals surface area contributed by atoms with E-state index >= 15 is 0 Å². The standard InChI is InChI=1S/C18H24N2O4/c1-18(2,3)24-17(22)19-10-9-14-15(19)11-20(14)16(21)23-12-13-7-5-4-6-8-13/h4-8,14-15H,9-12H2,1-3H3. The van der Waals surface area contributed by atoms with Gasteiger partial charge < -0.3 is 19.3 Å². The molecule has 0 bridgehead atoms. The van der Waals surface area contributed by atoms with Crippen molar-refractivity contribution in [3.05, 3.63) is 35.9 Å². The number of fused-ring (bicyclic) bond motifs is 1. The Morgan fingerprint density at radius 2 is 1.79 bits per heavy atom. The molecule has 0 spiro atoms. The van der Waals surface area contributed by atoms with Crippen LogP contribution in [0, 0.1) is 0 Å². The van der Waals surface area contributed by atoms with Crippen molar-refractivity contribution in [2.75, 3.05) is 13.1 Å². The van der Waals surface area contributed by atoms with Gasteiger partial charge in [0.25, 0.3) is 0 Å². The summed E-state index contributed by atoms with van der Waals surface area (Å²) in [5.41, 5.74) is 0.456. The van der Waals surface area contributed by atoms with Crippen LogP contribution < -0.4 is 0 Å². The zero-order valence-electron chi connectivity index (χ0n) is 14.4. The lowest BCUT2D eigenvalue weighted by Gasteiger charge is -2.45. The SMILES string of the molecule is CC(C)(C)OC(=O)N1CCC2C1CN2C(=O)OCc1ccccc1. The second-order valence-corrected chi connectivity index (χ2v) is 7.29. The van der Waals surface area contributed by atoms with Crippen LogP contribution >= 0.6 is 0 Å². The number of hydrogen-bond acceptors (Lipinski definition) is 4. The average Bonchev–Trinajstić information content (AvgIpc) is 2.81. The lowest BCUT2D eigenvalue weighted by Crippen LogP contribution is -2.64. The fraction of sp³-hybridized carbons (Fsp3) is 0.556. The Hall–Kier alpha value is -2.24. The van der Waals surface area contributed by atoms with Gasteiger partial charge in [-0.25, -0.2) is 9.59 Å². The van der Waals surface area contributed by atoms with Gasteiger partial charge in [0.15, 0.2) is 0 Å². The monoisotopic (exact) mass is 332 g/mol. The van der Waals surface area contributed by atoms with Crippen molar-refractivity contribution in [2.24, 2.45) is 0 Å². The average molecular weight is 332 g/mol. The maximum Gasteiger partial charge on any atom is 0.410 e. The first kappa shape index (κ1) is 16.6.